The van der Waals surface area contributed by atoms with E-state index in [9.17, 15) is 4.79 Å². The molecule has 0 unspecified atom stereocenters. The second-order valence-corrected chi connectivity index (χ2v) is 4.92. The normalized spacial score (nSPS) is 24.4. The molecular formula is C13H26N2O2. The highest BCUT2D eigenvalue weighted by atomic mass is 16.5. The average Bonchev–Trinajstić information content (AvgIpc) is 2.29. The number of ether oxygens (including phenoxy) is 1. The topological polar surface area (TPSA) is 50.4 Å². The van der Waals surface area contributed by atoms with Gasteiger partial charge in [0.1, 0.15) is 0 Å². The molecule has 1 saturated carbocycles. The first-order valence-electron chi connectivity index (χ1n) is 6.84. The smallest absolute Gasteiger partial charge is 0.315 e. The van der Waals surface area contributed by atoms with Gasteiger partial charge < -0.3 is 15.4 Å². The van der Waals surface area contributed by atoms with E-state index in [2.05, 4.69) is 17.6 Å². The third-order valence-electron chi connectivity index (χ3n) is 3.23. The van der Waals surface area contributed by atoms with Crippen LogP contribution < -0.4 is 10.6 Å². The largest absolute Gasteiger partial charge is 0.382 e. The summed E-state index contributed by atoms with van der Waals surface area (Å²) in [6.45, 7) is 6.38. The number of rotatable bonds is 6. The van der Waals surface area contributed by atoms with Gasteiger partial charge in [-0.1, -0.05) is 19.8 Å². The van der Waals surface area contributed by atoms with Gasteiger partial charge in [-0.3, -0.25) is 0 Å². The predicted molar refractivity (Wildman–Crippen MR) is 69.1 cm³/mol. The van der Waals surface area contributed by atoms with Crippen molar-refractivity contribution < 1.29 is 9.53 Å². The Bertz CT molecular complexity index is 221. The maximum atomic E-state index is 11.6. The Balaban J connectivity index is 2.04. The van der Waals surface area contributed by atoms with Crippen LogP contribution in [-0.4, -0.2) is 31.8 Å². The standard InChI is InChI=1S/C13H26N2O2/c1-3-17-9-5-8-14-13(16)15-12-7-4-6-11(2)10-12/h11-12H,3-10H2,1-2H3,(H2,14,15,16)/t11-,12+/m1/s1. The minimum Gasteiger partial charge on any atom is -0.382 e. The second kappa shape index (κ2) is 8.34. The van der Waals surface area contributed by atoms with Crippen LogP contribution in [-0.2, 0) is 4.74 Å². The summed E-state index contributed by atoms with van der Waals surface area (Å²) in [5, 5.41) is 5.92. The maximum Gasteiger partial charge on any atom is 0.315 e. The van der Waals surface area contributed by atoms with E-state index in [0.717, 1.165) is 38.4 Å². The minimum atomic E-state index is -0.0272. The molecule has 2 atom stereocenters. The molecule has 4 heteroatoms. The van der Waals surface area contributed by atoms with Crippen LogP contribution in [0.2, 0.25) is 0 Å². The lowest BCUT2D eigenvalue weighted by Crippen LogP contribution is -2.44. The quantitative estimate of drug-likeness (QED) is 0.702. The maximum absolute atomic E-state index is 11.6. The van der Waals surface area contributed by atoms with Gasteiger partial charge in [0.15, 0.2) is 0 Å². The molecule has 2 amide bonds. The number of carbonyl (C=O) groups is 1. The Morgan fingerprint density at radius 1 is 1.41 bits per heavy atom. The van der Waals surface area contributed by atoms with Gasteiger partial charge >= 0.3 is 6.03 Å². The summed E-state index contributed by atoms with van der Waals surface area (Å²) in [4.78, 5) is 11.6. The molecule has 0 aromatic heterocycles. The highest BCUT2D eigenvalue weighted by Crippen LogP contribution is 2.23. The van der Waals surface area contributed by atoms with E-state index in [1.807, 2.05) is 6.92 Å². The Hall–Kier alpha value is -0.770. The lowest BCUT2D eigenvalue weighted by atomic mass is 9.87. The molecule has 1 aliphatic carbocycles. The van der Waals surface area contributed by atoms with Crippen molar-refractivity contribution >= 4 is 6.03 Å². The Morgan fingerprint density at radius 3 is 2.94 bits per heavy atom. The van der Waals surface area contributed by atoms with Crippen LogP contribution in [0.3, 0.4) is 0 Å². The Morgan fingerprint density at radius 2 is 2.24 bits per heavy atom. The minimum absolute atomic E-state index is 0.0272. The number of hydrogen-bond donors (Lipinski definition) is 2. The van der Waals surface area contributed by atoms with Gasteiger partial charge in [0.2, 0.25) is 0 Å². The van der Waals surface area contributed by atoms with Crippen molar-refractivity contribution in [2.45, 2.75) is 52.0 Å². The van der Waals surface area contributed by atoms with Crippen molar-refractivity contribution in [3.8, 4) is 0 Å². The number of carbonyl (C=O) groups excluding carboxylic acids is 1. The molecule has 1 fully saturated rings. The summed E-state index contributed by atoms with van der Waals surface area (Å²) in [7, 11) is 0. The monoisotopic (exact) mass is 242 g/mol. The van der Waals surface area contributed by atoms with Crippen LogP contribution >= 0.6 is 0 Å². The van der Waals surface area contributed by atoms with Crippen LogP contribution in [0.25, 0.3) is 0 Å². The first-order valence-corrected chi connectivity index (χ1v) is 6.84. The lowest BCUT2D eigenvalue weighted by Gasteiger charge is -2.27. The molecule has 0 aromatic rings. The molecule has 0 radical (unpaired) electrons. The van der Waals surface area contributed by atoms with Crippen molar-refractivity contribution in [2.75, 3.05) is 19.8 Å². The molecule has 17 heavy (non-hydrogen) atoms. The van der Waals surface area contributed by atoms with E-state index in [1.165, 1.54) is 12.8 Å². The van der Waals surface area contributed by atoms with Gasteiger partial charge in [-0.15, -0.1) is 0 Å². The highest BCUT2D eigenvalue weighted by molar-refractivity contribution is 5.74. The predicted octanol–water partition coefficient (Wildman–Crippen LogP) is 2.29. The lowest BCUT2D eigenvalue weighted by molar-refractivity contribution is 0.145. The third-order valence-corrected chi connectivity index (χ3v) is 3.23. The van der Waals surface area contributed by atoms with E-state index in [0.29, 0.717) is 12.6 Å². The van der Waals surface area contributed by atoms with E-state index in [4.69, 9.17) is 4.74 Å². The van der Waals surface area contributed by atoms with Crippen LogP contribution in [0, 0.1) is 5.92 Å². The first kappa shape index (κ1) is 14.3. The van der Waals surface area contributed by atoms with Crippen molar-refractivity contribution in [1.82, 2.24) is 10.6 Å². The molecule has 0 spiro atoms. The van der Waals surface area contributed by atoms with Crippen LogP contribution in [0.1, 0.15) is 46.0 Å². The molecule has 0 aromatic carbocycles. The molecule has 0 aliphatic heterocycles. The molecule has 2 N–H and O–H groups in total. The van der Waals surface area contributed by atoms with Crippen molar-refractivity contribution in [3.63, 3.8) is 0 Å². The molecular weight excluding hydrogens is 216 g/mol. The number of amides is 2. The van der Waals surface area contributed by atoms with Gasteiger partial charge in [-0.25, -0.2) is 4.79 Å². The van der Waals surface area contributed by atoms with Crippen molar-refractivity contribution in [2.24, 2.45) is 5.92 Å². The van der Waals surface area contributed by atoms with E-state index in [1.54, 1.807) is 0 Å². The fraction of sp³-hybridized carbons (Fsp3) is 0.923. The summed E-state index contributed by atoms with van der Waals surface area (Å²) in [5.74, 6) is 0.743. The highest BCUT2D eigenvalue weighted by Gasteiger charge is 2.19. The molecule has 1 rings (SSSR count). The first-order chi connectivity index (χ1) is 8.22. The summed E-state index contributed by atoms with van der Waals surface area (Å²) in [6, 6.07) is 0.339. The zero-order chi connectivity index (χ0) is 12.5. The van der Waals surface area contributed by atoms with Gasteiger partial charge in [0, 0.05) is 25.8 Å². The van der Waals surface area contributed by atoms with Crippen LogP contribution in [0.4, 0.5) is 4.79 Å². The molecule has 4 nitrogen and oxygen atoms in total. The summed E-state index contributed by atoms with van der Waals surface area (Å²) < 4.78 is 5.21. The zero-order valence-corrected chi connectivity index (χ0v) is 11.1. The fourth-order valence-corrected chi connectivity index (χ4v) is 2.32. The fourth-order valence-electron chi connectivity index (χ4n) is 2.32. The molecule has 100 valence electrons. The third kappa shape index (κ3) is 6.51. The van der Waals surface area contributed by atoms with Crippen LogP contribution in [0.5, 0.6) is 0 Å². The van der Waals surface area contributed by atoms with Crippen molar-refractivity contribution in [3.05, 3.63) is 0 Å². The van der Waals surface area contributed by atoms with Crippen molar-refractivity contribution in [1.29, 1.82) is 0 Å². The Labute approximate surface area is 104 Å². The van der Waals surface area contributed by atoms with Gasteiger partial charge in [0.25, 0.3) is 0 Å². The average molecular weight is 242 g/mol. The zero-order valence-electron chi connectivity index (χ0n) is 11.1. The van der Waals surface area contributed by atoms with E-state index < -0.39 is 0 Å². The number of nitrogens with one attached hydrogen (secondary N) is 2. The SMILES string of the molecule is CCOCCCNC(=O)N[C@H]1CCC[C@@H](C)C1. The van der Waals surface area contributed by atoms with Gasteiger partial charge in [-0.05, 0) is 32.1 Å². The van der Waals surface area contributed by atoms with Crippen LogP contribution in [0.15, 0.2) is 0 Å². The molecule has 0 bridgehead atoms. The summed E-state index contributed by atoms with van der Waals surface area (Å²) in [5.41, 5.74) is 0. The van der Waals surface area contributed by atoms with E-state index in [-0.39, 0.29) is 6.03 Å². The molecule has 1 aliphatic rings. The van der Waals surface area contributed by atoms with Gasteiger partial charge in [0.05, 0.1) is 0 Å². The number of hydrogen-bond acceptors (Lipinski definition) is 2. The Kier molecular flexibility index (Phi) is 7.01. The van der Waals surface area contributed by atoms with Gasteiger partial charge in [-0.2, -0.15) is 0 Å². The number of urea groups is 1. The molecule has 0 heterocycles. The summed E-state index contributed by atoms with van der Waals surface area (Å²) >= 11 is 0. The molecule has 0 saturated heterocycles. The summed E-state index contributed by atoms with van der Waals surface area (Å²) in [6.07, 6.45) is 5.65. The van der Waals surface area contributed by atoms with E-state index >= 15 is 0 Å². The second-order valence-electron chi connectivity index (χ2n) is 4.92.